The quantitative estimate of drug-likeness (QED) is 0.755. The molecule has 1 N–H and O–H groups in total. The van der Waals surface area contributed by atoms with Crippen molar-refractivity contribution in [2.45, 2.75) is 52.5 Å². The van der Waals surface area contributed by atoms with E-state index in [4.69, 9.17) is 0 Å². The van der Waals surface area contributed by atoms with Gasteiger partial charge in [-0.3, -0.25) is 4.79 Å². The number of nitrogens with zero attached hydrogens (tertiary/aromatic N) is 1. The standard InChI is InChI=1S/C12H20N2O/c1-4-5-8-11-9(14-13-8)6-12(2,3)7-10(11)15/h9,11,14H,4-7H2,1-3H3/t9-,11+/m1/s1. The molecular weight excluding hydrogens is 188 g/mol. The third-order valence-corrected chi connectivity index (χ3v) is 3.41. The van der Waals surface area contributed by atoms with Crippen molar-refractivity contribution < 1.29 is 4.79 Å². The van der Waals surface area contributed by atoms with E-state index in [1.165, 1.54) is 0 Å². The number of carbonyl (C=O) groups is 1. The first-order valence-electron chi connectivity index (χ1n) is 5.88. The topological polar surface area (TPSA) is 41.5 Å². The second kappa shape index (κ2) is 3.62. The Hall–Kier alpha value is -0.860. The zero-order valence-electron chi connectivity index (χ0n) is 9.84. The number of nitrogens with one attached hydrogen (secondary N) is 1. The summed E-state index contributed by atoms with van der Waals surface area (Å²) < 4.78 is 0. The first-order chi connectivity index (χ1) is 7.03. The minimum Gasteiger partial charge on any atom is -0.306 e. The Morgan fingerprint density at radius 1 is 1.53 bits per heavy atom. The minimum atomic E-state index is 0.0815. The van der Waals surface area contributed by atoms with E-state index in [-0.39, 0.29) is 17.4 Å². The monoisotopic (exact) mass is 208 g/mol. The molecule has 0 amide bonds. The summed E-state index contributed by atoms with van der Waals surface area (Å²) >= 11 is 0. The van der Waals surface area contributed by atoms with Crippen LogP contribution in [-0.2, 0) is 4.79 Å². The second-order valence-electron chi connectivity index (χ2n) is 5.58. The summed E-state index contributed by atoms with van der Waals surface area (Å²) in [5.41, 5.74) is 4.37. The molecule has 1 aliphatic carbocycles. The third-order valence-electron chi connectivity index (χ3n) is 3.41. The van der Waals surface area contributed by atoms with Crippen molar-refractivity contribution in [3.63, 3.8) is 0 Å². The van der Waals surface area contributed by atoms with Gasteiger partial charge in [0, 0.05) is 6.42 Å². The fraction of sp³-hybridized carbons (Fsp3) is 0.833. The maximum atomic E-state index is 12.1. The van der Waals surface area contributed by atoms with Gasteiger partial charge in [0.15, 0.2) is 0 Å². The molecule has 1 aliphatic heterocycles. The van der Waals surface area contributed by atoms with E-state index >= 15 is 0 Å². The highest BCUT2D eigenvalue weighted by atomic mass is 16.1. The number of fused-ring (bicyclic) bond motifs is 1. The van der Waals surface area contributed by atoms with E-state index in [1.807, 2.05) is 0 Å². The summed E-state index contributed by atoms with van der Waals surface area (Å²) in [5, 5.41) is 4.33. The molecule has 0 bridgehead atoms. The van der Waals surface area contributed by atoms with Crippen molar-refractivity contribution in [3.05, 3.63) is 0 Å². The maximum absolute atomic E-state index is 12.1. The summed E-state index contributed by atoms with van der Waals surface area (Å²) in [6.07, 6.45) is 3.79. The first-order valence-corrected chi connectivity index (χ1v) is 5.88. The highest BCUT2D eigenvalue weighted by Gasteiger charge is 2.45. The summed E-state index contributed by atoms with van der Waals surface area (Å²) in [4.78, 5) is 12.1. The fourth-order valence-corrected chi connectivity index (χ4v) is 2.83. The lowest BCUT2D eigenvalue weighted by Crippen LogP contribution is -2.45. The number of hydrazone groups is 1. The molecule has 0 aromatic heterocycles. The van der Waals surface area contributed by atoms with Crippen LogP contribution >= 0.6 is 0 Å². The van der Waals surface area contributed by atoms with Crippen LogP contribution in [0.5, 0.6) is 0 Å². The normalized spacial score (nSPS) is 33.3. The molecule has 3 nitrogen and oxygen atoms in total. The van der Waals surface area contributed by atoms with Crippen molar-refractivity contribution in [2.24, 2.45) is 16.4 Å². The van der Waals surface area contributed by atoms with E-state index in [0.29, 0.717) is 12.2 Å². The average molecular weight is 208 g/mol. The van der Waals surface area contributed by atoms with Crippen LogP contribution in [0.15, 0.2) is 5.10 Å². The molecule has 1 heterocycles. The van der Waals surface area contributed by atoms with Gasteiger partial charge in [-0.15, -0.1) is 0 Å². The molecule has 3 heteroatoms. The molecule has 2 aliphatic rings. The van der Waals surface area contributed by atoms with Crippen LogP contribution in [0.25, 0.3) is 0 Å². The van der Waals surface area contributed by atoms with Crippen LogP contribution in [0.3, 0.4) is 0 Å². The Morgan fingerprint density at radius 3 is 2.93 bits per heavy atom. The Morgan fingerprint density at radius 2 is 2.27 bits per heavy atom. The van der Waals surface area contributed by atoms with Gasteiger partial charge in [-0.1, -0.05) is 27.2 Å². The molecule has 2 rings (SSSR count). The maximum Gasteiger partial charge on any atom is 0.144 e. The van der Waals surface area contributed by atoms with Gasteiger partial charge >= 0.3 is 0 Å². The molecule has 15 heavy (non-hydrogen) atoms. The lowest BCUT2D eigenvalue weighted by molar-refractivity contribution is -0.126. The first kappa shape index (κ1) is 10.7. The van der Waals surface area contributed by atoms with E-state index < -0.39 is 0 Å². The second-order valence-corrected chi connectivity index (χ2v) is 5.58. The fourth-order valence-electron chi connectivity index (χ4n) is 2.83. The van der Waals surface area contributed by atoms with E-state index in [9.17, 15) is 4.79 Å². The highest BCUT2D eigenvalue weighted by Crippen LogP contribution is 2.39. The van der Waals surface area contributed by atoms with Crippen molar-refractivity contribution in [1.29, 1.82) is 0 Å². The predicted octanol–water partition coefficient (Wildman–Crippen LogP) is 2.12. The molecule has 0 unspecified atom stereocenters. The number of ketones is 1. The molecule has 0 aromatic carbocycles. The Bertz CT molecular complexity index is 307. The molecule has 1 fully saturated rings. The number of hydrogen-bond acceptors (Lipinski definition) is 3. The number of hydrogen-bond donors (Lipinski definition) is 1. The van der Waals surface area contributed by atoms with Gasteiger partial charge in [-0.05, 0) is 18.3 Å². The number of rotatable bonds is 2. The lowest BCUT2D eigenvalue weighted by Gasteiger charge is -2.36. The molecular formula is C12H20N2O. The SMILES string of the molecule is CCCC1=NN[C@@H]2CC(C)(C)CC(=O)[C@@H]12. The van der Waals surface area contributed by atoms with Crippen molar-refractivity contribution in [3.8, 4) is 0 Å². The van der Waals surface area contributed by atoms with E-state index in [2.05, 4.69) is 31.3 Å². The number of Topliss-reactive ketones (excluding diaryl/α,β-unsaturated/α-hetero) is 1. The van der Waals surface area contributed by atoms with Crippen molar-refractivity contribution >= 4 is 11.5 Å². The summed E-state index contributed by atoms with van der Waals surface area (Å²) in [6, 6.07) is 0.266. The number of carbonyl (C=O) groups excluding carboxylic acids is 1. The van der Waals surface area contributed by atoms with Gasteiger partial charge in [-0.25, -0.2) is 0 Å². The van der Waals surface area contributed by atoms with Crippen LogP contribution in [0.1, 0.15) is 46.5 Å². The molecule has 0 radical (unpaired) electrons. The van der Waals surface area contributed by atoms with Crippen LogP contribution in [-0.4, -0.2) is 17.5 Å². The van der Waals surface area contributed by atoms with Gasteiger partial charge in [0.25, 0.3) is 0 Å². The summed E-state index contributed by atoms with van der Waals surface area (Å²) in [7, 11) is 0. The highest BCUT2D eigenvalue weighted by molar-refractivity contribution is 6.07. The molecule has 0 spiro atoms. The van der Waals surface area contributed by atoms with Crippen molar-refractivity contribution in [1.82, 2.24) is 5.43 Å². The van der Waals surface area contributed by atoms with Gasteiger partial charge in [-0.2, -0.15) is 5.10 Å². The van der Waals surface area contributed by atoms with Gasteiger partial charge in [0.1, 0.15) is 5.78 Å². The van der Waals surface area contributed by atoms with Crippen LogP contribution in [0.4, 0.5) is 0 Å². The molecule has 2 atom stereocenters. The van der Waals surface area contributed by atoms with Crippen LogP contribution in [0, 0.1) is 11.3 Å². The van der Waals surface area contributed by atoms with Crippen LogP contribution < -0.4 is 5.43 Å². The summed E-state index contributed by atoms with van der Waals surface area (Å²) in [5.74, 6) is 0.464. The molecule has 84 valence electrons. The zero-order valence-corrected chi connectivity index (χ0v) is 9.84. The third kappa shape index (κ3) is 1.92. The smallest absolute Gasteiger partial charge is 0.144 e. The largest absolute Gasteiger partial charge is 0.306 e. The molecule has 1 saturated carbocycles. The van der Waals surface area contributed by atoms with E-state index in [0.717, 1.165) is 25.0 Å². The lowest BCUT2D eigenvalue weighted by atomic mass is 9.68. The average Bonchev–Trinajstić information content (AvgIpc) is 2.46. The minimum absolute atomic E-state index is 0.0815. The van der Waals surface area contributed by atoms with E-state index in [1.54, 1.807) is 0 Å². The Balaban J connectivity index is 2.14. The predicted molar refractivity (Wildman–Crippen MR) is 60.8 cm³/mol. The molecule has 0 aromatic rings. The Labute approximate surface area is 91.3 Å². The Kier molecular flexibility index (Phi) is 2.57. The van der Waals surface area contributed by atoms with Gasteiger partial charge in [0.05, 0.1) is 17.7 Å². The van der Waals surface area contributed by atoms with Gasteiger partial charge < -0.3 is 5.43 Å². The van der Waals surface area contributed by atoms with Crippen molar-refractivity contribution in [2.75, 3.05) is 0 Å². The zero-order chi connectivity index (χ0) is 11.1. The molecule has 0 saturated heterocycles. The van der Waals surface area contributed by atoms with Crippen LogP contribution in [0.2, 0.25) is 0 Å². The summed E-state index contributed by atoms with van der Waals surface area (Å²) in [6.45, 7) is 6.47. The van der Waals surface area contributed by atoms with Gasteiger partial charge in [0.2, 0.25) is 0 Å².